The van der Waals surface area contributed by atoms with Crippen molar-refractivity contribution in [1.29, 1.82) is 0 Å². The third-order valence-corrected chi connectivity index (χ3v) is 4.28. The van der Waals surface area contributed by atoms with Gasteiger partial charge in [0.1, 0.15) is 11.2 Å². The van der Waals surface area contributed by atoms with E-state index in [0.29, 0.717) is 0 Å². The zero-order chi connectivity index (χ0) is 13.5. The monoisotopic (exact) mass is 370 g/mol. The summed E-state index contributed by atoms with van der Waals surface area (Å²) in [6.45, 7) is 0. The third-order valence-electron chi connectivity index (χ3n) is 3.56. The van der Waals surface area contributed by atoms with Crippen molar-refractivity contribution in [3.05, 3.63) is 70.3 Å². The molecule has 0 saturated carbocycles. The number of hydrogen-bond donors (Lipinski definition) is 0. The highest BCUT2D eigenvalue weighted by atomic mass is 127. The molecule has 96 valence electrons. The van der Waals surface area contributed by atoms with Crippen LogP contribution in [0.25, 0.3) is 33.1 Å². The lowest BCUT2D eigenvalue weighted by atomic mass is 10.0. The lowest BCUT2D eigenvalue weighted by Gasteiger charge is -2.01. The molecule has 0 bridgehead atoms. The van der Waals surface area contributed by atoms with Gasteiger partial charge in [-0.3, -0.25) is 0 Å². The minimum absolute atomic E-state index is 0.947. The van der Waals surface area contributed by atoms with Gasteiger partial charge in [0.15, 0.2) is 0 Å². The number of para-hydroxylation sites is 1. The molecular weight excluding hydrogens is 359 g/mol. The van der Waals surface area contributed by atoms with Crippen LogP contribution in [0.3, 0.4) is 0 Å². The Balaban J connectivity index is 1.94. The molecule has 0 radical (unpaired) electrons. The SMILES string of the molecule is Ic1ccc(-c2ccc3c(c2)oc2ccccc23)cc1. The maximum atomic E-state index is 5.94. The molecule has 0 fully saturated rings. The van der Waals surface area contributed by atoms with Crippen LogP contribution in [0.1, 0.15) is 0 Å². The third kappa shape index (κ3) is 1.91. The molecule has 0 amide bonds. The molecule has 3 aromatic carbocycles. The highest BCUT2D eigenvalue weighted by Gasteiger charge is 2.07. The number of benzene rings is 3. The molecule has 0 N–H and O–H groups in total. The van der Waals surface area contributed by atoms with Crippen LogP contribution in [0.15, 0.2) is 71.1 Å². The van der Waals surface area contributed by atoms with Crippen LogP contribution in [-0.2, 0) is 0 Å². The van der Waals surface area contributed by atoms with Gasteiger partial charge in [-0.25, -0.2) is 0 Å². The lowest BCUT2D eigenvalue weighted by Crippen LogP contribution is -1.78. The van der Waals surface area contributed by atoms with E-state index in [1.54, 1.807) is 0 Å². The number of hydrogen-bond acceptors (Lipinski definition) is 1. The highest BCUT2D eigenvalue weighted by Crippen LogP contribution is 2.32. The largest absolute Gasteiger partial charge is 0.456 e. The Labute approximate surface area is 130 Å². The smallest absolute Gasteiger partial charge is 0.136 e. The van der Waals surface area contributed by atoms with E-state index in [1.807, 2.05) is 18.2 Å². The summed E-state index contributed by atoms with van der Waals surface area (Å²) in [5, 5.41) is 2.35. The maximum absolute atomic E-state index is 5.94. The molecule has 0 saturated heterocycles. The van der Waals surface area contributed by atoms with Crippen molar-refractivity contribution in [2.75, 3.05) is 0 Å². The highest BCUT2D eigenvalue weighted by molar-refractivity contribution is 14.1. The van der Waals surface area contributed by atoms with Gasteiger partial charge in [0, 0.05) is 14.3 Å². The molecule has 0 aliphatic carbocycles. The van der Waals surface area contributed by atoms with Gasteiger partial charge < -0.3 is 4.42 Å². The van der Waals surface area contributed by atoms with E-state index in [-0.39, 0.29) is 0 Å². The maximum Gasteiger partial charge on any atom is 0.136 e. The second-order valence-electron chi connectivity index (χ2n) is 4.82. The molecule has 0 aliphatic rings. The van der Waals surface area contributed by atoms with E-state index in [2.05, 4.69) is 71.1 Å². The fourth-order valence-electron chi connectivity index (χ4n) is 2.55. The minimum Gasteiger partial charge on any atom is -0.456 e. The Morgan fingerprint density at radius 2 is 1.35 bits per heavy atom. The zero-order valence-electron chi connectivity index (χ0n) is 10.6. The summed E-state index contributed by atoms with van der Waals surface area (Å²) in [6.07, 6.45) is 0. The summed E-state index contributed by atoms with van der Waals surface area (Å²) in [6, 6.07) is 23.1. The summed E-state index contributed by atoms with van der Waals surface area (Å²) < 4.78 is 7.18. The van der Waals surface area contributed by atoms with E-state index in [1.165, 1.54) is 25.5 Å². The van der Waals surface area contributed by atoms with Crippen molar-refractivity contribution in [2.24, 2.45) is 0 Å². The van der Waals surface area contributed by atoms with Crippen molar-refractivity contribution in [3.8, 4) is 11.1 Å². The Bertz CT molecular complexity index is 904. The molecule has 0 aliphatic heterocycles. The van der Waals surface area contributed by atoms with Crippen molar-refractivity contribution in [3.63, 3.8) is 0 Å². The van der Waals surface area contributed by atoms with Gasteiger partial charge in [0.25, 0.3) is 0 Å². The molecule has 20 heavy (non-hydrogen) atoms. The Hall–Kier alpha value is -1.81. The predicted molar refractivity (Wildman–Crippen MR) is 91.9 cm³/mol. The number of furan rings is 1. The van der Waals surface area contributed by atoms with Crippen molar-refractivity contribution < 1.29 is 4.42 Å². The van der Waals surface area contributed by atoms with E-state index in [9.17, 15) is 0 Å². The van der Waals surface area contributed by atoms with Gasteiger partial charge in [0.2, 0.25) is 0 Å². The predicted octanol–water partition coefficient (Wildman–Crippen LogP) is 5.86. The van der Waals surface area contributed by atoms with Crippen molar-refractivity contribution in [1.82, 2.24) is 0 Å². The van der Waals surface area contributed by atoms with E-state index in [0.717, 1.165) is 11.2 Å². The van der Waals surface area contributed by atoms with Gasteiger partial charge in [0.05, 0.1) is 0 Å². The van der Waals surface area contributed by atoms with Gasteiger partial charge in [-0.2, -0.15) is 0 Å². The average Bonchev–Trinajstić information content (AvgIpc) is 2.85. The first-order valence-corrected chi connectivity index (χ1v) is 7.56. The summed E-state index contributed by atoms with van der Waals surface area (Å²) in [5.74, 6) is 0. The van der Waals surface area contributed by atoms with Crippen LogP contribution in [0.5, 0.6) is 0 Å². The van der Waals surface area contributed by atoms with Crippen molar-refractivity contribution in [2.45, 2.75) is 0 Å². The first-order chi connectivity index (χ1) is 9.81. The molecule has 1 heterocycles. The number of rotatable bonds is 1. The summed E-state index contributed by atoms with van der Waals surface area (Å²) in [4.78, 5) is 0. The van der Waals surface area contributed by atoms with Gasteiger partial charge >= 0.3 is 0 Å². The fraction of sp³-hybridized carbons (Fsp3) is 0. The molecule has 1 nitrogen and oxygen atoms in total. The molecule has 1 aromatic heterocycles. The number of halogens is 1. The van der Waals surface area contributed by atoms with Gasteiger partial charge in [-0.05, 0) is 64.0 Å². The standard InChI is InChI=1S/C18H11IO/c19-14-8-5-12(6-9-14)13-7-10-16-15-3-1-2-4-17(15)20-18(16)11-13/h1-11H. The zero-order valence-corrected chi connectivity index (χ0v) is 12.8. The molecule has 0 unspecified atom stereocenters. The number of fused-ring (bicyclic) bond motifs is 3. The molecule has 2 heteroatoms. The topological polar surface area (TPSA) is 13.1 Å². The summed E-state index contributed by atoms with van der Waals surface area (Å²) >= 11 is 2.32. The van der Waals surface area contributed by atoms with Gasteiger partial charge in [-0.15, -0.1) is 0 Å². The summed E-state index contributed by atoms with van der Waals surface area (Å²) in [5.41, 5.74) is 4.30. The van der Waals surface area contributed by atoms with Crippen molar-refractivity contribution >= 4 is 44.5 Å². The van der Waals surface area contributed by atoms with Crippen LogP contribution in [-0.4, -0.2) is 0 Å². The molecule has 0 spiro atoms. The van der Waals surface area contributed by atoms with Crippen LogP contribution < -0.4 is 0 Å². The van der Waals surface area contributed by atoms with Gasteiger partial charge in [-0.1, -0.05) is 36.4 Å². The Morgan fingerprint density at radius 1 is 0.650 bits per heavy atom. The van der Waals surface area contributed by atoms with E-state index in [4.69, 9.17) is 4.42 Å². The average molecular weight is 370 g/mol. The quantitative estimate of drug-likeness (QED) is 0.383. The molecule has 4 aromatic rings. The van der Waals surface area contributed by atoms with Crippen LogP contribution in [0, 0.1) is 3.57 Å². The Morgan fingerprint density at radius 3 is 2.20 bits per heavy atom. The fourth-order valence-corrected chi connectivity index (χ4v) is 2.91. The Kier molecular flexibility index (Phi) is 2.77. The van der Waals surface area contributed by atoms with E-state index >= 15 is 0 Å². The second-order valence-corrected chi connectivity index (χ2v) is 6.06. The van der Waals surface area contributed by atoms with Crippen LogP contribution >= 0.6 is 22.6 Å². The first-order valence-electron chi connectivity index (χ1n) is 6.48. The molecule has 4 rings (SSSR count). The molecular formula is C18H11IO. The summed E-state index contributed by atoms with van der Waals surface area (Å²) in [7, 11) is 0. The minimum atomic E-state index is 0.947. The second kappa shape index (κ2) is 4.63. The van der Waals surface area contributed by atoms with E-state index < -0.39 is 0 Å². The normalized spacial score (nSPS) is 11.2. The lowest BCUT2D eigenvalue weighted by molar-refractivity contribution is 0.669. The molecule has 0 atom stereocenters. The van der Waals surface area contributed by atoms with Crippen LogP contribution in [0.2, 0.25) is 0 Å². The first kappa shape index (κ1) is 12.0. The van der Waals surface area contributed by atoms with Crippen LogP contribution in [0.4, 0.5) is 0 Å².